The molecule has 0 spiro atoms. The Bertz CT molecular complexity index is 1030. The predicted molar refractivity (Wildman–Crippen MR) is 109 cm³/mol. The Morgan fingerprint density at radius 1 is 1.10 bits per heavy atom. The van der Waals surface area contributed by atoms with Crippen LogP contribution in [0.15, 0.2) is 47.4 Å². The van der Waals surface area contributed by atoms with Gasteiger partial charge in [-0.3, -0.25) is 4.79 Å². The molecule has 1 aliphatic heterocycles. The zero-order valence-electron chi connectivity index (χ0n) is 16.9. The Balaban J connectivity index is 1.77. The molecule has 1 aliphatic rings. The summed E-state index contributed by atoms with van der Waals surface area (Å²) in [6.45, 7) is 2.88. The fourth-order valence-corrected chi connectivity index (χ4v) is 5.01. The minimum Gasteiger partial charge on any atom is -0.492 e. The summed E-state index contributed by atoms with van der Waals surface area (Å²) in [5, 5.41) is 2.61. The number of anilines is 1. The van der Waals surface area contributed by atoms with E-state index in [0.29, 0.717) is 18.7 Å². The molecule has 2 aromatic carbocycles. The summed E-state index contributed by atoms with van der Waals surface area (Å²) < 4.78 is 70.9. The van der Waals surface area contributed by atoms with Crippen molar-refractivity contribution in [2.75, 3.05) is 25.0 Å². The molecule has 6 nitrogen and oxygen atoms in total. The van der Waals surface area contributed by atoms with Gasteiger partial charge in [0.05, 0.1) is 18.6 Å². The number of halogens is 3. The van der Waals surface area contributed by atoms with E-state index in [1.54, 1.807) is 6.92 Å². The largest absolute Gasteiger partial charge is 0.492 e. The maximum atomic E-state index is 13.0. The highest BCUT2D eigenvalue weighted by molar-refractivity contribution is 7.89. The van der Waals surface area contributed by atoms with Gasteiger partial charge in [-0.15, -0.1) is 0 Å². The van der Waals surface area contributed by atoms with Gasteiger partial charge in [0.15, 0.2) is 0 Å². The van der Waals surface area contributed by atoms with E-state index in [9.17, 15) is 26.4 Å². The zero-order chi connectivity index (χ0) is 22.6. The van der Waals surface area contributed by atoms with Gasteiger partial charge >= 0.3 is 6.18 Å². The highest BCUT2D eigenvalue weighted by Gasteiger charge is 2.31. The average Bonchev–Trinajstić information content (AvgIpc) is 3.25. The van der Waals surface area contributed by atoms with E-state index < -0.39 is 27.7 Å². The second-order valence-corrected chi connectivity index (χ2v) is 9.03. The molecule has 0 atom stereocenters. The lowest BCUT2D eigenvalue weighted by Gasteiger charge is -2.19. The minimum absolute atomic E-state index is 0.0245. The first kappa shape index (κ1) is 23.1. The van der Waals surface area contributed by atoms with E-state index in [-0.39, 0.29) is 29.4 Å². The molecule has 1 N–H and O–H groups in total. The quantitative estimate of drug-likeness (QED) is 0.682. The van der Waals surface area contributed by atoms with Gasteiger partial charge in [0.25, 0.3) is 0 Å². The number of carbonyl (C=O) groups is 1. The smallest absolute Gasteiger partial charge is 0.416 e. The Morgan fingerprint density at radius 2 is 1.74 bits per heavy atom. The summed E-state index contributed by atoms with van der Waals surface area (Å²) in [6.07, 6.45) is -3.03. The average molecular weight is 456 g/mol. The fraction of sp³-hybridized carbons (Fsp3) is 0.381. The molecule has 0 bridgehead atoms. The van der Waals surface area contributed by atoms with Gasteiger partial charge in [-0.1, -0.05) is 12.1 Å². The lowest BCUT2D eigenvalue weighted by Crippen LogP contribution is -2.28. The molecular formula is C21H23F3N2O4S. The van der Waals surface area contributed by atoms with Gasteiger partial charge in [0.2, 0.25) is 15.9 Å². The third-order valence-corrected chi connectivity index (χ3v) is 6.78. The van der Waals surface area contributed by atoms with Crippen molar-refractivity contribution in [2.45, 2.75) is 37.3 Å². The number of rotatable bonds is 7. The van der Waals surface area contributed by atoms with Crippen molar-refractivity contribution >= 4 is 21.6 Å². The fourth-order valence-electron chi connectivity index (χ4n) is 3.33. The van der Waals surface area contributed by atoms with Crippen molar-refractivity contribution in [1.82, 2.24) is 4.31 Å². The summed E-state index contributed by atoms with van der Waals surface area (Å²) in [4.78, 5) is 12.3. The number of sulfonamides is 1. The molecule has 1 heterocycles. The van der Waals surface area contributed by atoms with Crippen LogP contribution in [-0.4, -0.2) is 38.3 Å². The van der Waals surface area contributed by atoms with Crippen molar-refractivity contribution in [2.24, 2.45) is 0 Å². The van der Waals surface area contributed by atoms with Crippen LogP contribution in [-0.2, 0) is 27.4 Å². The van der Waals surface area contributed by atoms with Crippen molar-refractivity contribution in [3.8, 4) is 5.75 Å². The van der Waals surface area contributed by atoms with Crippen molar-refractivity contribution in [3.63, 3.8) is 0 Å². The Morgan fingerprint density at radius 3 is 2.32 bits per heavy atom. The van der Waals surface area contributed by atoms with Gasteiger partial charge in [-0.25, -0.2) is 8.42 Å². The van der Waals surface area contributed by atoms with Crippen LogP contribution in [0.2, 0.25) is 0 Å². The van der Waals surface area contributed by atoms with E-state index >= 15 is 0 Å². The molecule has 3 rings (SSSR count). The van der Waals surface area contributed by atoms with Crippen LogP contribution >= 0.6 is 0 Å². The third kappa shape index (κ3) is 5.56. The van der Waals surface area contributed by atoms with Gasteiger partial charge in [0.1, 0.15) is 10.6 Å². The molecule has 168 valence electrons. The summed E-state index contributed by atoms with van der Waals surface area (Å²) in [6, 6.07) is 8.68. The molecule has 0 aliphatic carbocycles. The number of nitrogens with zero attached hydrogens (tertiary/aromatic N) is 1. The number of carbonyl (C=O) groups excluding carboxylic acids is 1. The number of ether oxygens (including phenoxy) is 1. The number of hydrogen-bond donors (Lipinski definition) is 1. The van der Waals surface area contributed by atoms with E-state index in [1.807, 2.05) is 0 Å². The molecule has 0 unspecified atom stereocenters. The molecule has 2 aromatic rings. The van der Waals surface area contributed by atoms with Gasteiger partial charge in [0, 0.05) is 18.8 Å². The van der Waals surface area contributed by atoms with Gasteiger partial charge in [-0.05, 0) is 55.7 Å². The molecule has 1 fully saturated rings. The Labute approximate surface area is 179 Å². The van der Waals surface area contributed by atoms with Crippen LogP contribution in [0.4, 0.5) is 18.9 Å². The van der Waals surface area contributed by atoms with Crippen LogP contribution in [0.3, 0.4) is 0 Å². The van der Waals surface area contributed by atoms with Crippen molar-refractivity contribution in [1.29, 1.82) is 0 Å². The van der Waals surface area contributed by atoms with Gasteiger partial charge in [-0.2, -0.15) is 17.5 Å². The number of alkyl halides is 3. The van der Waals surface area contributed by atoms with E-state index in [0.717, 1.165) is 25.0 Å². The zero-order valence-corrected chi connectivity index (χ0v) is 17.7. The van der Waals surface area contributed by atoms with Crippen LogP contribution < -0.4 is 10.1 Å². The topological polar surface area (TPSA) is 75.7 Å². The van der Waals surface area contributed by atoms with Crippen LogP contribution in [0.5, 0.6) is 5.75 Å². The second-order valence-electron chi connectivity index (χ2n) is 7.13. The van der Waals surface area contributed by atoms with E-state index in [4.69, 9.17) is 4.74 Å². The number of amides is 1. The Hall–Kier alpha value is -2.59. The van der Waals surface area contributed by atoms with E-state index in [1.165, 1.54) is 34.6 Å². The number of benzene rings is 2. The second kappa shape index (κ2) is 9.27. The van der Waals surface area contributed by atoms with Crippen LogP contribution in [0.1, 0.15) is 30.9 Å². The highest BCUT2D eigenvalue weighted by Crippen LogP contribution is 2.32. The van der Waals surface area contributed by atoms with Crippen molar-refractivity contribution < 1.29 is 31.1 Å². The van der Waals surface area contributed by atoms with Crippen LogP contribution in [0, 0.1) is 0 Å². The molecule has 0 radical (unpaired) electrons. The number of hydrogen-bond acceptors (Lipinski definition) is 4. The Kier molecular flexibility index (Phi) is 6.90. The molecule has 1 saturated heterocycles. The molecule has 1 amide bonds. The summed E-state index contributed by atoms with van der Waals surface area (Å²) in [5.74, 6) is -0.274. The first-order valence-corrected chi connectivity index (χ1v) is 11.3. The lowest BCUT2D eigenvalue weighted by molar-refractivity contribution is -0.137. The van der Waals surface area contributed by atoms with Crippen molar-refractivity contribution in [3.05, 3.63) is 53.6 Å². The standard InChI is InChI=1S/C21H23F3N2O4S/c1-2-30-18-10-9-17(14-19(18)31(28,29)26-11-3-4-12-26)25-20(27)13-15-5-7-16(8-6-15)21(22,23)24/h5-10,14H,2-4,11-13H2,1H3,(H,25,27). The lowest BCUT2D eigenvalue weighted by atomic mass is 10.1. The maximum Gasteiger partial charge on any atom is 0.416 e. The van der Waals surface area contributed by atoms with Crippen LogP contribution in [0.25, 0.3) is 0 Å². The number of nitrogens with one attached hydrogen (secondary N) is 1. The molecule has 31 heavy (non-hydrogen) atoms. The molecule has 0 aromatic heterocycles. The molecule has 0 saturated carbocycles. The summed E-state index contributed by atoms with van der Waals surface area (Å²) in [7, 11) is -3.78. The summed E-state index contributed by atoms with van der Waals surface area (Å²) >= 11 is 0. The highest BCUT2D eigenvalue weighted by atomic mass is 32.2. The SMILES string of the molecule is CCOc1ccc(NC(=O)Cc2ccc(C(F)(F)F)cc2)cc1S(=O)(=O)N1CCCC1. The monoisotopic (exact) mass is 456 g/mol. The predicted octanol–water partition coefficient (Wildman–Crippen LogP) is 4.07. The molecule has 10 heteroatoms. The molecular weight excluding hydrogens is 433 g/mol. The normalized spacial score (nSPS) is 15.1. The van der Waals surface area contributed by atoms with E-state index in [2.05, 4.69) is 5.32 Å². The first-order valence-electron chi connectivity index (χ1n) is 9.84. The minimum atomic E-state index is -4.44. The summed E-state index contributed by atoms with van der Waals surface area (Å²) in [5.41, 5.74) is -0.126. The maximum absolute atomic E-state index is 13.0. The first-order chi connectivity index (χ1) is 14.6. The van der Waals surface area contributed by atoms with Gasteiger partial charge < -0.3 is 10.1 Å². The third-order valence-electron chi connectivity index (χ3n) is 4.86.